The van der Waals surface area contributed by atoms with Gasteiger partial charge < -0.3 is 15.5 Å². The number of carbonyl (C=O) groups is 1. The third kappa shape index (κ3) is 4.48. The van der Waals surface area contributed by atoms with Crippen molar-refractivity contribution in [3.8, 4) is 0 Å². The zero-order chi connectivity index (χ0) is 17.6. The average molecular weight is 354 g/mol. The van der Waals surface area contributed by atoms with Crippen LogP contribution in [-0.2, 0) is 4.79 Å². The fraction of sp³-hybridized carbons (Fsp3) is 0.263. The van der Waals surface area contributed by atoms with Crippen molar-refractivity contribution < 1.29 is 4.79 Å². The smallest absolute Gasteiger partial charge is 0.242 e. The molecule has 2 aromatic carbocycles. The van der Waals surface area contributed by atoms with E-state index in [1.54, 1.807) is 11.3 Å². The van der Waals surface area contributed by atoms with Crippen LogP contribution in [0.2, 0.25) is 0 Å². The number of aromatic nitrogens is 1. The molecule has 3 aromatic rings. The highest BCUT2D eigenvalue weighted by Gasteiger charge is 2.14. The summed E-state index contributed by atoms with van der Waals surface area (Å²) in [4.78, 5) is 18.9. The van der Waals surface area contributed by atoms with E-state index in [9.17, 15) is 4.79 Å². The first-order valence-corrected chi connectivity index (χ1v) is 9.11. The van der Waals surface area contributed by atoms with Gasteiger partial charge in [-0.3, -0.25) is 4.79 Å². The lowest BCUT2D eigenvalue weighted by molar-refractivity contribution is -0.121. The summed E-state index contributed by atoms with van der Waals surface area (Å²) in [6.07, 6.45) is 0. The predicted octanol–water partition coefficient (Wildman–Crippen LogP) is 3.35. The molecule has 0 saturated heterocycles. The first kappa shape index (κ1) is 17.2. The van der Waals surface area contributed by atoms with Gasteiger partial charge in [0.2, 0.25) is 5.91 Å². The van der Waals surface area contributed by atoms with E-state index in [1.807, 2.05) is 56.4 Å². The van der Waals surface area contributed by atoms with Gasteiger partial charge in [0, 0.05) is 25.8 Å². The maximum Gasteiger partial charge on any atom is 0.242 e. The quantitative estimate of drug-likeness (QED) is 0.683. The summed E-state index contributed by atoms with van der Waals surface area (Å²) < 4.78 is 1.11. The minimum Gasteiger partial charge on any atom is -0.373 e. The maximum atomic E-state index is 12.3. The number of rotatable bonds is 7. The normalized spacial score (nSPS) is 11.9. The molecule has 3 rings (SSSR count). The molecule has 1 amide bonds. The summed E-state index contributed by atoms with van der Waals surface area (Å²) in [5, 5.41) is 6.92. The summed E-state index contributed by atoms with van der Waals surface area (Å²) in [6, 6.07) is 17.7. The van der Waals surface area contributed by atoms with Gasteiger partial charge in [-0.2, -0.15) is 0 Å². The number of anilines is 2. The molecule has 1 unspecified atom stereocenters. The molecular formula is C19H22N4OS. The van der Waals surface area contributed by atoms with Crippen LogP contribution in [0.5, 0.6) is 0 Å². The molecule has 130 valence electrons. The molecule has 0 fully saturated rings. The lowest BCUT2D eigenvalue weighted by atomic mass is 10.3. The van der Waals surface area contributed by atoms with E-state index in [1.165, 1.54) is 0 Å². The third-order valence-corrected chi connectivity index (χ3v) is 4.94. The number of carbonyl (C=O) groups excluding carboxylic acids is 1. The third-order valence-electron chi connectivity index (χ3n) is 3.97. The Morgan fingerprint density at radius 1 is 1.16 bits per heavy atom. The Hall–Kier alpha value is -2.60. The first-order chi connectivity index (χ1) is 12.1. The number of nitrogens with one attached hydrogen (secondary N) is 2. The summed E-state index contributed by atoms with van der Waals surface area (Å²) in [6.45, 7) is 3.20. The minimum atomic E-state index is -0.331. The van der Waals surface area contributed by atoms with Gasteiger partial charge >= 0.3 is 0 Å². The second kappa shape index (κ2) is 7.98. The van der Waals surface area contributed by atoms with Crippen molar-refractivity contribution in [2.24, 2.45) is 0 Å². The number of thiazole rings is 1. The van der Waals surface area contributed by atoms with Crippen molar-refractivity contribution in [1.29, 1.82) is 0 Å². The molecule has 0 radical (unpaired) electrons. The molecule has 1 aromatic heterocycles. The fourth-order valence-electron chi connectivity index (χ4n) is 2.50. The predicted molar refractivity (Wildman–Crippen MR) is 105 cm³/mol. The molecule has 6 heteroatoms. The van der Waals surface area contributed by atoms with Crippen LogP contribution >= 0.6 is 11.3 Å². The molecule has 0 aliphatic carbocycles. The topological polar surface area (TPSA) is 57.3 Å². The molecule has 0 spiro atoms. The van der Waals surface area contributed by atoms with Crippen LogP contribution in [0.4, 0.5) is 10.8 Å². The van der Waals surface area contributed by atoms with Crippen molar-refractivity contribution in [2.45, 2.75) is 13.0 Å². The van der Waals surface area contributed by atoms with Crippen molar-refractivity contribution in [3.63, 3.8) is 0 Å². The molecule has 2 N–H and O–H groups in total. The summed E-state index contributed by atoms with van der Waals surface area (Å²) in [5.41, 5.74) is 2.09. The van der Waals surface area contributed by atoms with E-state index >= 15 is 0 Å². The Labute approximate surface area is 151 Å². The van der Waals surface area contributed by atoms with E-state index in [0.29, 0.717) is 6.54 Å². The number of nitrogens with zero attached hydrogens (tertiary/aromatic N) is 2. The number of hydrogen-bond donors (Lipinski definition) is 2. The highest BCUT2D eigenvalue weighted by molar-refractivity contribution is 7.22. The molecule has 0 bridgehead atoms. The van der Waals surface area contributed by atoms with Gasteiger partial charge in [0.05, 0.1) is 10.2 Å². The van der Waals surface area contributed by atoms with Crippen LogP contribution < -0.4 is 15.5 Å². The number of para-hydroxylation sites is 2. The number of benzene rings is 2. The Balaban J connectivity index is 1.47. The summed E-state index contributed by atoms with van der Waals surface area (Å²) >= 11 is 1.56. The number of amides is 1. The highest BCUT2D eigenvalue weighted by Crippen LogP contribution is 2.25. The molecule has 0 saturated carbocycles. The van der Waals surface area contributed by atoms with Gasteiger partial charge in [0.15, 0.2) is 5.13 Å². The lowest BCUT2D eigenvalue weighted by Gasteiger charge is -2.20. The van der Waals surface area contributed by atoms with Crippen molar-refractivity contribution in [3.05, 3.63) is 54.6 Å². The van der Waals surface area contributed by atoms with Crippen LogP contribution in [-0.4, -0.2) is 37.1 Å². The lowest BCUT2D eigenvalue weighted by Crippen LogP contribution is -2.41. The van der Waals surface area contributed by atoms with Crippen LogP contribution in [0, 0.1) is 0 Å². The SMILES string of the molecule is CC(Nc1nc2ccccc2s1)C(=O)NCCN(C)c1ccccc1. The molecule has 0 aliphatic rings. The van der Waals surface area contributed by atoms with Gasteiger partial charge in [0.1, 0.15) is 6.04 Å². The Morgan fingerprint density at radius 2 is 1.88 bits per heavy atom. The van der Waals surface area contributed by atoms with E-state index in [4.69, 9.17) is 0 Å². The molecular weight excluding hydrogens is 332 g/mol. The van der Waals surface area contributed by atoms with Gasteiger partial charge in [-0.05, 0) is 31.2 Å². The largest absolute Gasteiger partial charge is 0.373 e. The highest BCUT2D eigenvalue weighted by atomic mass is 32.1. The zero-order valence-corrected chi connectivity index (χ0v) is 15.2. The van der Waals surface area contributed by atoms with Crippen LogP contribution in [0.1, 0.15) is 6.92 Å². The standard InChI is InChI=1S/C19H22N4OS/c1-14(21-19-22-16-10-6-7-11-17(16)25-19)18(24)20-12-13-23(2)15-8-4-3-5-9-15/h3-11,14H,12-13H2,1-2H3,(H,20,24)(H,21,22). The van der Waals surface area contributed by atoms with Crippen LogP contribution in [0.25, 0.3) is 10.2 Å². The van der Waals surface area contributed by atoms with E-state index in [0.717, 1.165) is 27.6 Å². The van der Waals surface area contributed by atoms with Crippen LogP contribution in [0.3, 0.4) is 0 Å². The zero-order valence-electron chi connectivity index (χ0n) is 14.4. The second-order valence-corrected chi connectivity index (χ2v) is 6.93. The molecule has 25 heavy (non-hydrogen) atoms. The van der Waals surface area contributed by atoms with Crippen molar-refractivity contribution in [1.82, 2.24) is 10.3 Å². The second-order valence-electron chi connectivity index (χ2n) is 5.90. The first-order valence-electron chi connectivity index (χ1n) is 8.29. The Bertz CT molecular complexity index is 801. The van der Waals surface area contributed by atoms with Crippen molar-refractivity contribution in [2.75, 3.05) is 30.4 Å². The Morgan fingerprint density at radius 3 is 2.64 bits per heavy atom. The van der Waals surface area contributed by atoms with Gasteiger partial charge in [-0.25, -0.2) is 4.98 Å². The molecule has 1 atom stereocenters. The average Bonchev–Trinajstić information content (AvgIpc) is 3.04. The van der Waals surface area contributed by atoms with Gasteiger partial charge in [-0.1, -0.05) is 41.7 Å². The van der Waals surface area contributed by atoms with E-state index in [2.05, 4.69) is 32.7 Å². The van der Waals surface area contributed by atoms with Crippen LogP contribution in [0.15, 0.2) is 54.6 Å². The maximum absolute atomic E-state index is 12.3. The van der Waals surface area contributed by atoms with Crippen molar-refractivity contribution >= 4 is 38.3 Å². The Kier molecular flexibility index (Phi) is 5.50. The van der Waals surface area contributed by atoms with Gasteiger partial charge in [-0.15, -0.1) is 0 Å². The van der Waals surface area contributed by atoms with Gasteiger partial charge in [0.25, 0.3) is 0 Å². The molecule has 1 heterocycles. The molecule has 5 nitrogen and oxygen atoms in total. The summed E-state index contributed by atoms with van der Waals surface area (Å²) in [5.74, 6) is -0.0271. The summed E-state index contributed by atoms with van der Waals surface area (Å²) in [7, 11) is 2.02. The number of likely N-dealkylation sites (N-methyl/N-ethyl adjacent to an activating group) is 1. The minimum absolute atomic E-state index is 0.0271. The molecule has 0 aliphatic heterocycles. The number of hydrogen-bond acceptors (Lipinski definition) is 5. The number of fused-ring (bicyclic) bond motifs is 1. The fourth-order valence-corrected chi connectivity index (χ4v) is 3.45. The van der Waals surface area contributed by atoms with E-state index < -0.39 is 0 Å². The van der Waals surface area contributed by atoms with E-state index in [-0.39, 0.29) is 11.9 Å². The monoisotopic (exact) mass is 354 g/mol.